The Balaban J connectivity index is 0.00000385. The van der Waals surface area contributed by atoms with E-state index in [-0.39, 0.29) is 41.2 Å². The number of amides is 1. The summed E-state index contributed by atoms with van der Waals surface area (Å²) in [5.74, 6) is 0.640. The normalized spacial score (nSPS) is 19.0. The Morgan fingerprint density at radius 1 is 1.18 bits per heavy atom. The molecular weight excluding hydrogens is 531 g/mol. The van der Waals surface area contributed by atoms with Gasteiger partial charge in [-0.2, -0.15) is 0 Å². The second-order valence-corrected chi connectivity index (χ2v) is 8.86. The van der Waals surface area contributed by atoms with Crippen LogP contribution in [0.25, 0.3) is 0 Å². The summed E-state index contributed by atoms with van der Waals surface area (Å²) in [6.45, 7) is 7.53. The minimum absolute atomic E-state index is 0. The molecule has 1 aliphatic heterocycles. The van der Waals surface area contributed by atoms with Crippen molar-refractivity contribution in [2.24, 2.45) is 10.4 Å². The van der Waals surface area contributed by atoms with Crippen LogP contribution in [0.15, 0.2) is 35.3 Å². The molecule has 3 rings (SSSR count). The number of halogens is 1. The standard InChI is InChI=1S/C25H40N4O3.HI/c1-3-31-16-13-25(11-7-8-12-25)20-28-24(26-2)27-19-22(21-9-5-4-6-10-21)23(30)29-14-17-32-18-15-29;/h4-6,9-10,22H,3,7-8,11-20H2,1-2H3,(H2,26,27,28);1H. The van der Waals surface area contributed by atoms with E-state index in [1.807, 2.05) is 42.2 Å². The van der Waals surface area contributed by atoms with Crippen LogP contribution in [0.5, 0.6) is 0 Å². The molecule has 1 aromatic rings. The number of nitrogens with one attached hydrogen (secondary N) is 2. The van der Waals surface area contributed by atoms with Gasteiger partial charge in [-0.3, -0.25) is 9.79 Å². The number of guanidine groups is 1. The molecule has 1 amide bonds. The molecule has 8 heteroatoms. The third-order valence-corrected chi connectivity index (χ3v) is 6.80. The van der Waals surface area contributed by atoms with Crippen LogP contribution in [0.3, 0.4) is 0 Å². The summed E-state index contributed by atoms with van der Waals surface area (Å²) in [4.78, 5) is 19.7. The number of aliphatic imine (C=N–C) groups is 1. The zero-order chi connectivity index (χ0) is 22.7. The van der Waals surface area contributed by atoms with Crippen molar-refractivity contribution < 1.29 is 14.3 Å². The molecule has 0 bridgehead atoms. The molecule has 2 N–H and O–H groups in total. The van der Waals surface area contributed by atoms with Gasteiger partial charge in [0.2, 0.25) is 5.91 Å². The zero-order valence-corrected chi connectivity index (χ0v) is 22.5. The van der Waals surface area contributed by atoms with E-state index in [0.29, 0.717) is 32.8 Å². The van der Waals surface area contributed by atoms with E-state index < -0.39 is 0 Å². The lowest BCUT2D eigenvalue weighted by atomic mass is 9.83. The van der Waals surface area contributed by atoms with E-state index in [9.17, 15) is 4.79 Å². The van der Waals surface area contributed by atoms with Gasteiger partial charge in [-0.15, -0.1) is 24.0 Å². The third kappa shape index (κ3) is 8.40. The summed E-state index contributed by atoms with van der Waals surface area (Å²) in [5.41, 5.74) is 1.30. The van der Waals surface area contributed by atoms with Gasteiger partial charge in [0.15, 0.2) is 5.96 Å². The van der Waals surface area contributed by atoms with Crippen LogP contribution in [0, 0.1) is 5.41 Å². The smallest absolute Gasteiger partial charge is 0.232 e. The van der Waals surface area contributed by atoms with Gasteiger partial charge in [-0.25, -0.2) is 0 Å². The van der Waals surface area contributed by atoms with E-state index in [4.69, 9.17) is 9.47 Å². The molecule has 1 unspecified atom stereocenters. The average Bonchev–Trinajstić information content (AvgIpc) is 3.31. The second kappa shape index (κ2) is 14.8. The van der Waals surface area contributed by atoms with E-state index in [0.717, 1.165) is 37.7 Å². The Bertz CT molecular complexity index is 720. The number of carbonyl (C=O) groups excluding carboxylic acids is 1. The molecule has 2 aliphatic rings. The first-order valence-electron chi connectivity index (χ1n) is 12.1. The molecule has 1 heterocycles. The number of rotatable bonds is 10. The van der Waals surface area contributed by atoms with Crippen molar-refractivity contribution in [3.05, 3.63) is 35.9 Å². The molecule has 1 saturated carbocycles. The fourth-order valence-corrected chi connectivity index (χ4v) is 4.80. The predicted octanol–water partition coefficient (Wildman–Crippen LogP) is 3.40. The lowest BCUT2D eigenvalue weighted by molar-refractivity contribution is -0.136. The van der Waals surface area contributed by atoms with Crippen molar-refractivity contribution >= 4 is 35.8 Å². The summed E-state index contributed by atoms with van der Waals surface area (Å²) in [5, 5.41) is 6.97. The summed E-state index contributed by atoms with van der Waals surface area (Å²) in [7, 11) is 1.79. The first kappa shape index (κ1) is 27.9. The zero-order valence-electron chi connectivity index (χ0n) is 20.2. The number of morpholine rings is 1. The van der Waals surface area contributed by atoms with Crippen LogP contribution in [0.2, 0.25) is 0 Å². The number of hydrogen-bond donors (Lipinski definition) is 2. The third-order valence-electron chi connectivity index (χ3n) is 6.80. The summed E-state index contributed by atoms with van der Waals surface area (Å²) < 4.78 is 11.1. The molecule has 186 valence electrons. The maximum absolute atomic E-state index is 13.3. The second-order valence-electron chi connectivity index (χ2n) is 8.86. The Morgan fingerprint density at radius 3 is 2.52 bits per heavy atom. The number of nitrogens with zero attached hydrogens (tertiary/aromatic N) is 2. The van der Waals surface area contributed by atoms with E-state index in [2.05, 4.69) is 15.6 Å². The molecule has 1 atom stereocenters. The van der Waals surface area contributed by atoms with Crippen LogP contribution >= 0.6 is 24.0 Å². The molecule has 2 fully saturated rings. The highest BCUT2D eigenvalue weighted by molar-refractivity contribution is 14.0. The maximum atomic E-state index is 13.3. The van der Waals surface area contributed by atoms with Crippen molar-refractivity contribution in [3.8, 4) is 0 Å². The first-order chi connectivity index (χ1) is 15.7. The summed E-state index contributed by atoms with van der Waals surface area (Å²) in [6, 6.07) is 10.0. The van der Waals surface area contributed by atoms with Crippen LogP contribution in [0.4, 0.5) is 0 Å². The number of carbonyl (C=O) groups is 1. The maximum Gasteiger partial charge on any atom is 0.232 e. The van der Waals surface area contributed by atoms with Gasteiger partial charge in [-0.1, -0.05) is 43.2 Å². The van der Waals surface area contributed by atoms with Crippen molar-refractivity contribution in [2.45, 2.75) is 44.9 Å². The Labute approximate surface area is 216 Å². The van der Waals surface area contributed by atoms with Gasteiger partial charge in [0.05, 0.1) is 19.1 Å². The lowest BCUT2D eigenvalue weighted by Gasteiger charge is -2.32. The average molecular weight is 573 g/mol. The fourth-order valence-electron chi connectivity index (χ4n) is 4.80. The van der Waals surface area contributed by atoms with Crippen molar-refractivity contribution in [1.82, 2.24) is 15.5 Å². The molecule has 0 spiro atoms. The first-order valence-corrected chi connectivity index (χ1v) is 12.1. The van der Waals surface area contributed by atoms with E-state index >= 15 is 0 Å². The van der Waals surface area contributed by atoms with Gasteiger partial charge < -0.3 is 25.0 Å². The minimum Gasteiger partial charge on any atom is -0.382 e. The van der Waals surface area contributed by atoms with Gasteiger partial charge >= 0.3 is 0 Å². The van der Waals surface area contributed by atoms with Crippen LogP contribution in [-0.2, 0) is 14.3 Å². The molecule has 0 aromatic heterocycles. The van der Waals surface area contributed by atoms with Crippen LogP contribution in [0.1, 0.15) is 50.5 Å². The number of benzene rings is 1. The number of ether oxygens (including phenoxy) is 2. The highest BCUT2D eigenvalue weighted by Crippen LogP contribution is 2.40. The Hall–Kier alpha value is -1.39. The fraction of sp³-hybridized carbons (Fsp3) is 0.680. The van der Waals surface area contributed by atoms with Gasteiger partial charge in [0.1, 0.15) is 0 Å². The highest BCUT2D eigenvalue weighted by Gasteiger charge is 2.34. The van der Waals surface area contributed by atoms with E-state index in [1.165, 1.54) is 25.7 Å². The molecule has 33 heavy (non-hydrogen) atoms. The Morgan fingerprint density at radius 2 is 1.88 bits per heavy atom. The molecular formula is C25H41IN4O3. The lowest BCUT2D eigenvalue weighted by Crippen LogP contribution is -2.48. The number of hydrogen-bond acceptors (Lipinski definition) is 4. The van der Waals surface area contributed by atoms with Crippen LogP contribution in [-0.4, -0.2) is 76.4 Å². The van der Waals surface area contributed by atoms with Gasteiger partial charge in [0, 0.05) is 46.4 Å². The summed E-state index contributed by atoms with van der Waals surface area (Å²) >= 11 is 0. The van der Waals surface area contributed by atoms with Crippen molar-refractivity contribution in [1.29, 1.82) is 0 Å². The molecule has 0 radical (unpaired) electrons. The Kier molecular flexibility index (Phi) is 12.5. The predicted molar refractivity (Wildman–Crippen MR) is 143 cm³/mol. The van der Waals surface area contributed by atoms with Gasteiger partial charge in [0.25, 0.3) is 0 Å². The largest absolute Gasteiger partial charge is 0.382 e. The molecule has 7 nitrogen and oxygen atoms in total. The van der Waals surface area contributed by atoms with Crippen molar-refractivity contribution in [2.75, 3.05) is 59.7 Å². The van der Waals surface area contributed by atoms with Crippen molar-refractivity contribution in [3.63, 3.8) is 0 Å². The van der Waals surface area contributed by atoms with Crippen LogP contribution < -0.4 is 10.6 Å². The molecule has 1 aromatic carbocycles. The van der Waals surface area contributed by atoms with Gasteiger partial charge in [-0.05, 0) is 37.2 Å². The highest BCUT2D eigenvalue weighted by atomic mass is 127. The SMILES string of the molecule is CCOCCC1(CNC(=NC)NCC(C(=O)N2CCOCC2)c2ccccc2)CCCC1.I. The monoisotopic (exact) mass is 572 g/mol. The molecule has 1 aliphatic carbocycles. The van der Waals surface area contributed by atoms with E-state index in [1.54, 1.807) is 7.05 Å². The minimum atomic E-state index is -0.258. The molecule has 1 saturated heterocycles. The summed E-state index contributed by atoms with van der Waals surface area (Å²) in [6.07, 6.45) is 6.10. The quantitative estimate of drug-likeness (QED) is 0.195. The topological polar surface area (TPSA) is 75.2 Å².